The maximum atomic E-state index is 4.24. The zero-order valence-corrected chi connectivity index (χ0v) is 11.5. The molecule has 0 amide bonds. The fraction of sp³-hybridized carbons (Fsp3) is 0.643. The normalized spacial score (nSPS) is 11.4. The summed E-state index contributed by atoms with van der Waals surface area (Å²) in [6.45, 7) is 12.9. The highest BCUT2D eigenvalue weighted by Gasteiger charge is 2.04. The van der Waals surface area contributed by atoms with Gasteiger partial charge in [-0.1, -0.05) is 26.8 Å². The maximum Gasteiger partial charge on any atom is 0.0313 e. The summed E-state index contributed by atoms with van der Waals surface area (Å²) >= 11 is 0. The van der Waals surface area contributed by atoms with Crippen molar-refractivity contribution in [3.05, 3.63) is 29.6 Å². The van der Waals surface area contributed by atoms with Gasteiger partial charge in [0.1, 0.15) is 0 Å². The molecule has 96 valence electrons. The molecule has 1 rings (SSSR count). The number of likely N-dealkylation sites (N-methyl/N-ethyl adjacent to an activating group) is 1. The molecule has 0 aliphatic rings. The van der Waals surface area contributed by atoms with Crippen molar-refractivity contribution in [2.24, 2.45) is 0 Å². The van der Waals surface area contributed by atoms with Crippen LogP contribution in [0.5, 0.6) is 0 Å². The van der Waals surface area contributed by atoms with Gasteiger partial charge in [0.25, 0.3) is 0 Å². The number of hydrogen-bond donors (Lipinski definition) is 1. The van der Waals surface area contributed by atoms with Gasteiger partial charge in [0, 0.05) is 38.1 Å². The molecule has 1 aromatic heterocycles. The molecular weight excluding hydrogens is 210 g/mol. The van der Waals surface area contributed by atoms with Gasteiger partial charge in [-0.2, -0.15) is 0 Å². The molecule has 17 heavy (non-hydrogen) atoms. The molecule has 0 saturated heterocycles. The minimum Gasteiger partial charge on any atom is -0.313 e. The standard InChI is InChI=1S/C14H25N3/c1-5-17(7-6-16-12(2)3)11-14-8-13(4)9-15-10-14/h8-10,12,16H,5-7,11H2,1-4H3. The summed E-state index contributed by atoms with van der Waals surface area (Å²) in [5.41, 5.74) is 2.54. The van der Waals surface area contributed by atoms with E-state index >= 15 is 0 Å². The lowest BCUT2D eigenvalue weighted by atomic mass is 10.2. The van der Waals surface area contributed by atoms with E-state index in [9.17, 15) is 0 Å². The third kappa shape index (κ3) is 5.80. The van der Waals surface area contributed by atoms with E-state index in [0.29, 0.717) is 6.04 Å². The molecular formula is C14H25N3. The van der Waals surface area contributed by atoms with Crippen LogP contribution >= 0.6 is 0 Å². The SMILES string of the molecule is CCN(CCNC(C)C)Cc1cncc(C)c1. The van der Waals surface area contributed by atoms with Gasteiger partial charge in [0.15, 0.2) is 0 Å². The van der Waals surface area contributed by atoms with Crippen LogP contribution in [0.3, 0.4) is 0 Å². The summed E-state index contributed by atoms with van der Waals surface area (Å²) in [6.07, 6.45) is 3.87. The molecule has 0 radical (unpaired) electrons. The lowest BCUT2D eigenvalue weighted by Gasteiger charge is -2.21. The Morgan fingerprint density at radius 3 is 2.71 bits per heavy atom. The van der Waals surface area contributed by atoms with Crippen molar-refractivity contribution >= 4 is 0 Å². The summed E-state index contributed by atoms with van der Waals surface area (Å²) in [4.78, 5) is 6.67. The molecule has 0 bridgehead atoms. The molecule has 3 heteroatoms. The highest BCUT2D eigenvalue weighted by Crippen LogP contribution is 2.05. The van der Waals surface area contributed by atoms with E-state index in [4.69, 9.17) is 0 Å². The molecule has 1 N–H and O–H groups in total. The van der Waals surface area contributed by atoms with E-state index in [-0.39, 0.29) is 0 Å². The molecule has 3 nitrogen and oxygen atoms in total. The van der Waals surface area contributed by atoms with E-state index in [0.717, 1.165) is 26.2 Å². The summed E-state index contributed by atoms with van der Waals surface area (Å²) in [5.74, 6) is 0. The first kappa shape index (κ1) is 14.1. The quantitative estimate of drug-likeness (QED) is 0.785. The number of nitrogens with zero attached hydrogens (tertiary/aromatic N) is 2. The summed E-state index contributed by atoms with van der Waals surface area (Å²) in [7, 11) is 0. The van der Waals surface area contributed by atoms with Crippen LogP contribution in [-0.4, -0.2) is 35.6 Å². The van der Waals surface area contributed by atoms with Crippen molar-refractivity contribution < 1.29 is 0 Å². The number of aromatic nitrogens is 1. The molecule has 0 spiro atoms. The van der Waals surface area contributed by atoms with Crippen LogP contribution in [0.2, 0.25) is 0 Å². The van der Waals surface area contributed by atoms with E-state index in [1.54, 1.807) is 0 Å². The largest absolute Gasteiger partial charge is 0.313 e. The summed E-state index contributed by atoms with van der Waals surface area (Å²) in [5, 5.41) is 3.45. The van der Waals surface area contributed by atoms with Crippen LogP contribution < -0.4 is 5.32 Å². The topological polar surface area (TPSA) is 28.2 Å². The molecule has 1 heterocycles. The van der Waals surface area contributed by atoms with E-state index in [1.807, 2.05) is 12.4 Å². The Kier molecular flexibility index (Phi) is 6.16. The molecule has 0 aliphatic carbocycles. The van der Waals surface area contributed by atoms with Gasteiger partial charge in [0.2, 0.25) is 0 Å². The second kappa shape index (κ2) is 7.41. The molecule has 0 aromatic carbocycles. The van der Waals surface area contributed by atoms with Gasteiger partial charge >= 0.3 is 0 Å². The van der Waals surface area contributed by atoms with Gasteiger partial charge in [-0.3, -0.25) is 9.88 Å². The van der Waals surface area contributed by atoms with Crippen LogP contribution in [0.15, 0.2) is 18.5 Å². The minimum atomic E-state index is 0.564. The Hall–Kier alpha value is -0.930. The number of hydrogen-bond acceptors (Lipinski definition) is 3. The molecule has 0 atom stereocenters. The fourth-order valence-corrected chi connectivity index (χ4v) is 1.82. The first-order valence-corrected chi connectivity index (χ1v) is 6.48. The van der Waals surface area contributed by atoms with Crippen LogP contribution in [0.25, 0.3) is 0 Å². The van der Waals surface area contributed by atoms with E-state index < -0.39 is 0 Å². The van der Waals surface area contributed by atoms with Crippen LogP contribution in [0.1, 0.15) is 31.9 Å². The lowest BCUT2D eigenvalue weighted by Crippen LogP contribution is -2.34. The molecule has 0 fully saturated rings. The number of aryl methyl sites for hydroxylation is 1. The molecule has 1 aromatic rings. The third-order valence-corrected chi connectivity index (χ3v) is 2.77. The van der Waals surface area contributed by atoms with Crippen LogP contribution in [0, 0.1) is 6.92 Å². The van der Waals surface area contributed by atoms with Crippen molar-refractivity contribution in [1.82, 2.24) is 15.2 Å². The van der Waals surface area contributed by atoms with Gasteiger partial charge in [0.05, 0.1) is 0 Å². The number of rotatable bonds is 7. The van der Waals surface area contributed by atoms with Crippen molar-refractivity contribution in [2.75, 3.05) is 19.6 Å². The predicted octanol–water partition coefficient (Wildman–Crippen LogP) is 2.21. The lowest BCUT2D eigenvalue weighted by molar-refractivity contribution is 0.276. The zero-order chi connectivity index (χ0) is 12.7. The Morgan fingerprint density at radius 1 is 1.35 bits per heavy atom. The highest BCUT2D eigenvalue weighted by molar-refractivity contribution is 5.16. The van der Waals surface area contributed by atoms with Crippen LogP contribution in [-0.2, 0) is 6.54 Å². The average molecular weight is 235 g/mol. The van der Waals surface area contributed by atoms with Crippen molar-refractivity contribution in [2.45, 2.75) is 40.3 Å². The zero-order valence-electron chi connectivity index (χ0n) is 11.5. The second-order valence-electron chi connectivity index (χ2n) is 4.85. The van der Waals surface area contributed by atoms with Gasteiger partial charge < -0.3 is 5.32 Å². The highest BCUT2D eigenvalue weighted by atomic mass is 15.1. The smallest absolute Gasteiger partial charge is 0.0313 e. The van der Waals surface area contributed by atoms with Crippen molar-refractivity contribution in [1.29, 1.82) is 0 Å². The third-order valence-electron chi connectivity index (χ3n) is 2.77. The van der Waals surface area contributed by atoms with Crippen molar-refractivity contribution in [3.8, 4) is 0 Å². The minimum absolute atomic E-state index is 0.564. The summed E-state index contributed by atoms with van der Waals surface area (Å²) < 4.78 is 0. The van der Waals surface area contributed by atoms with E-state index in [1.165, 1.54) is 11.1 Å². The van der Waals surface area contributed by atoms with Gasteiger partial charge in [-0.15, -0.1) is 0 Å². The Labute approximate surface area is 105 Å². The van der Waals surface area contributed by atoms with Crippen molar-refractivity contribution in [3.63, 3.8) is 0 Å². The Morgan fingerprint density at radius 2 is 2.12 bits per heavy atom. The fourth-order valence-electron chi connectivity index (χ4n) is 1.82. The Bertz CT molecular complexity index is 323. The maximum absolute atomic E-state index is 4.24. The van der Waals surface area contributed by atoms with Crippen LogP contribution in [0.4, 0.5) is 0 Å². The monoisotopic (exact) mass is 235 g/mol. The molecule has 0 saturated carbocycles. The predicted molar refractivity (Wildman–Crippen MR) is 73.1 cm³/mol. The molecule has 0 unspecified atom stereocenters. The number of pyridine rings is 1. The van der Waals surface area contributed by atoms with E-state index in [2.05, 4.69) is 49.0 Å². The Balaban J connectivity index is 2.41. The average Bonchev–Trinajstić information content (AvgIpc) is 2.27. The van der Waals surface area contributed by atoms with Gasteiger partial charge in [-0.25, -0.2) is 0 Å². The number of nitrogens with one attached hydrogen (secondary N) is 1. The molecule has 0 aliphatic heterocycles. The summed E-state index contributed by atoms with van der Waals surface area (Å²) in [6, 6.07) is 2.78. The first-order chi connectivity index (χ1) is 8.11. The first-order valence-electron chi connectivity index (χ1n) is 6.48. The second-order valence-corrected chi connectivity index (χ2v) is 4.85. The van der Waals surface area contributed by atoms with Gasteiger partial charge in [-0.05, 0) is 24.6 Å².